The van der Waals surface area contributed by atoms with E-state index in [1.165, 1.54) is 0 Å². The van der Waals surface area contributed by atoms with E-state index in [0.717, 1.165) is 0 Å². The van der Waals surface area contributed by atoms with Gasteiger partial charge < -0.3 is 10.4 Å². The van der Waals surface area contributed by atoms with Crippen LogP contribution in [0.1, 0.15) is 34.1 Å². The second-order valence-electron chi connectivity index (χ2n) is 4.44. The van der Waals surface area contributed by atoms with E-state index in [1.807, 2.05) is 32.6 Å². The minimum absolute atomic E-state index is 0.0337. The SMILES string of the molecule is CCC(=CCN(CC)CC(=O)NC(C)C)C(=O)O. The van der Waals surface area contributed by atoms with E-state index >= 15 is 0 Å². The maximum absolute atomic E-state index is 11.6. The maximum atomic E-state index is 11.6. The molecule has 0 saturated heterocycles. The molecule has 0 aromatic rings. The van der Waals surface area contributed by atoms with E-state index in [9.17, 15) is 9.59 Å². The van der Waals surface area contributed by atoms with Gasteiger partial charge in [-0.1, -0.05) is 19.9 Å². The first-order valence-electron chi connectivity index (χ1n) is 6.34. The van der Waals surface area contributed by atoms with Crippen molar-refractivity contribution in [1.82, 2.24) is 10.2 Å². The lowest BCUT2D eigenvalue weighted by molar-refractivity contribution is -0.132. The zero-order valence-corrected chi connectivity index (χ0v) is 11.7. The lowest BCUT2D eigenvalue weighted by atomic mass is 10.2. The average Bonchev–Trinajstić information content (AvgIpc) is 2.26. The minimum Gasteiger partial charge on any atom is -0.478 e. The number of hydrogen-bond acceptors (Lipinski definition) is 3. The van der Waals surface area contributed by atoms with E-state index in [2.05, 4.69) is 5.32 Å². The van der Waals surface area contributed by atoms with Gasteiger partial charge in [-0.3, -0.25) is 9.69 Å². The largest absolute Gasteiger partial charge is 0.478 e. The Morgan fingerprint density at radius 1 is 1.33 bits per heavy atom. The molecule has 0 spiro atoms. The molecule has 5 nitrogen and oxygen atoms in total. The van der Waals surface area contributed by atoms with Crippen LogP contribution in [0.4, 0.5) is 0 Å². The number of likely N-dealkylation sites (N-methyl/N-ethyl adjacent to an activating group) is 1. The van der Waals surface area contributed by atoms with E-state index in [4.69, 9.17) is 5.11 Å². The van der Waals surface area contributed by atoms with Gasteiger partial charge in [-0.15, -0.1) is 0 Å². The summed E-state index contributed by atoms with van der Waals surface area (Å²) in [6, 6.07) is 0.122. The summed E-state index contributed by atoms with van der Waals surface area (Å²) in [5.41, 5.74) is 0.387. The van der Waals surface area contributed by atoms with Crippen LogP contribution in [0, 0.1) is 0 Å². The number of carboxylic acids is 1. The molecule has 5 heteroatoms. The third-order valence-electron chi connectivity index (χ3n) is 2.52. The number of carbonyl (C=O) groups is 2. The Kier molecular flexibility index (Phi) is 8.03. The normalized spacial score (nSPS) is 12.0. The fourth-order valence-electron chi connectivity index (χ4n) is 1.50. The molecule has 0 rings (SSSR count). The highest BCUT2D eigenvalue weighted by Crippen LogP contribution is 2.01. The monoisotopic (exact) mass is 256 g/mol. The number of amides is 1. The van der Waals surface area contributed by atoms with Gasteiger partial charge >= 0.3 is 5.97 Å². The molecule has 0 saturated carbocycles. The molecule has 0 fully saturated rings. The van der Waals surface area contributed by atoms with Gasteiger partial charge in [0.15, 0.2) is 0 Å². The van der Waals surface area contributed by atoms with Crippen LogP contribution in [0.15, 0.2) is 11.6 Å². The van der Waals surface area contributed by atoms with Crippen molar-refractivity contribution in [2.45, 2.75) is 40.2 Å². The highest BCUT2D eigenvalue weighted by molar-refractivity contribution is 5.86. The third-order valence-corrected chi connectivity index (χ3v) is 2.52. The predicted molar refractivity (Wildman–Crippen MR) is 71.4 cm³/mol. The van der Waals surface area contributed by atoms with Gasteiger partial charge in [0, 0.05) is 18.2 Å². The summed E-state index contributed by atoms with van der Waals surface area (Å²) in [5.74, 6) is -0.922. The van der Waals surface area contributed by atoms with Gasteiger partial charge in [-0.05, 0) is 26.8 Å². The first-order valence-corrected chi connectivity index (χ1v) is 6.34. The van der Waals surface area contributed by atoms with Gasteiger partial charge in [-0.25, -0.2) is 4.79 Å². The van der Waals surface area contributed by atoms with Gasteiger partial charge in [-0.2, -0.15) is 0 Å². The number of rotatable bonds is 8. The quantitative estimate of drug-likeness (QED) is 0.641. The van der Waals surface area contributed by atoms with E-state index < -0.39 is 5.97 Å². The van der Waals surface area contributed by atoms with Crippen LogP contribution in [-0.2, 0) is 9.59 Å². The second-order valence-corrected chi connectivity index (χ2v) is 4.44. The fourth-order valence-corrected chi connectivity index (χ4v) is 1.50. The molecular formula is C13H24N2O3. The van der Waals surface area contributed by atoms with Crippen LogP contribution in [0.2, 0.25) is 0 Å². The number of nitrogens with one attached hydrogen (secondary N) is 1. The smallest absolute Gasteiger partial charge is 0.331 e. The van der Waals surface area contributed by atoms with Crippen molar-refractivity contribution in [3.05, 3.63) is 11.6 Å². The van der Waals surface area contributed by atoms with Crippen molar-refractivity contribution in [3.63, 3.8) is 0 Å². The van der Waals surface area contributed by atoms with Crippen LogP contribution < -0.4 is 5.32 Å². The standard InChI is InChI=1S/C13H24N2O3/c1-5-11(13(17)18)7-8-15(6-2)9-12(16)14-10(3)4/h7,10H,5-6,8-9H2,1-4H3,(H,14,16)(H,17,18). The van der Waals surface area contributed by atoms with Crippen molar-refractivity contribution >= 4 is 11.9 Å². The molecule has 2 N–H and O–H groups in total. The summed E-state index contributed by atoms with van der Waals surface area (Å²) in [5, 5.41) is 11.7. The molecule has 0 atom stereocenters. The maximum Gasteiger partial charge on any atom is 0.331 e. The molecule has 0 aliphatic heterocycles. The van der Waals surface area contributed by atoms with Crippen molar-refractivity contribution in [3.8, 4) is 0 Å². The van der Waals surface area contributed by atoms with E-state index in [0.29, 0.717) is 31.6 Å². The second kappa shape index (κ2) is 8.69. The minimum atomic E-state index is -0.889. The van der Waals surface area contributed by atoms with Gasteiger partial charge in [0.25, 0.3) is 0 Å². The number of aliphatic carboxylic acids is 1. The van der Waals surface area contributed by atoms with Crippen molar-refractivity contribution in [2.75, 3.05) is 19.6 Å². The molecule has 0 aromatic heterocycles. The third kappa shape index (κ3) is 7.06. The lowest BCUT2D eigenvalue weighted by Gasteiger charge is -2.19. The Hall–Kier alpha value is -1.36. The van der Waals surface area contributed by atoms with Crippen molar-refractivity contribution in [1.29, 1.82) is 0 Å². The van der Waals surface area contributed by atoms with Gasteiger partial charge in [0.1, 0.15) is 0 Å². The van der Waals surface area contributed by atoms with Crippen LogP contribution in [0.5, 0.6) is 0 Å². The lowest BCUT2D eigenvalue weighted by Crippen LogP contribution is -2.40. The molecule has 0 unspecified atom stereocenters. The summed E-state index contributed by atoms with van der Waals surface area (Å²) < 4.78 is 0. The molecule has 104 valence electrons. The Balaban J connectivity index is 4.35. The molecule has 0 aliphatic carbocycles. The predicted octanol–water partition coefficient (Wildman–Crippen LogP) is 1.25. The van der Waals surface area contributed by atoms with Crippen LogP contribution in [-0.4, -0.2) is 47.6 Å². The Morgan fingerprint density at radius 2 is 1.94 bits per heavy atom. The van der Waals surface area contributed by atoms with Crippen molar-refractivity contribution in [2.24, 2.45) is 0 Å². The highest BCUT2D eigenvalue weighted by atomic mass is 16.4. The molecule has 1 amide bonds. The van der Waals surface area contributed by atoms with Gasteiger partial charge in [0.2, 0.25) is 5.91 Å². The van der Waals surface area contributed by atoms with E-state index in [1.54, 1.807) is 6.08 Å². The summed E-state index contributed by atoms with van der Waals surface area (Å²) in [6.45, 7) is 9.06. The van der Waals surface area contributed by atoms with Crippen LogP contribution in [0.25, 0.3) is 0 Å². The highest BCUT2D eigenvalue weighted by Gasteiger charge is 2.10. The molecule has 0 radical (unpaired) electrons. The van der Waals surface area contributed by atoms with Crippen LogP contribution in [0.3, 0.4) is 0 Å². The molecule has 0 heterocycles. The molecule has 18 heavy (non-hydrogen) atoms. The van der Waals surface area contributed by atoms with E-state index in [-0.39, 0.29) is 11.9 Å². The summed E-state index contributed by atoms with van der Waals surface area (Å²) in [6.07, 6.45) is 2.17. The Bertz CT molecular complexity index is 311. The summed E-state index contributed by atoms with van der Waals surface area (Å²) in [4.78, 5) is 24.3. The topological polar surface area (TPSA) is 69.6 Å². The molecule has 0 aliphatic rings. The Labute approximate surface area is 109 Å². The summed E-state index contributed by atoms with van der Waals surface area (Å²) in [7, 11) is 0. The number of carbonyl (C=O) groups excluding carboxylic acids is 1. The first-order chi connectivity index (χ1) is 8.40. The van der Waals surface area contributed by atoms with Gasteiger partial charge in [0.05, 0.1) is 6.54 Å². The van der Waals surface area contributed by atoms with Crippen molar-refractivity contribution < 1.29 is 14.7 Å². The summed E-state index contributed by atoms with van der Waals surface area (Å²) >= 11 is 0. The number of carboxylic acid groups (broad SMARTS) is 1. The molecular weight excluding hydrogens is 232 g/mol. The fraction of sp³-hybridized carbons (Fsp3) is 0.692. The molecule has 0 bridgehead atoms. The zero-order chi connectivity index (χ0) is 14.1. The first kappa shape index (κ1) is 16.6. The molecule has 0 aromatic carbocycles. The average molecular weight is 256 g/mol. The van der Waals surface area contributed by atoms with Crippen LogP contribution >= 0.6 is 0 Å². The number of nitrogens with zero attached hydrogens (tertiary/aromatic N) is 1. The number of hydrogen-bond donors (Lipinski definition) is 2. The zero-order valence-electron chi connectivity index (χ0n) is 11.7. The Morgan fingerprint density at radius 3 is 2.33 bits per heavy atom.